The Bertz CT molecular complexity index is 369. The van der Waals surface area contributed by atoms with Crippen molar-refractivity contribution in [3.63, 3.8) is 0 Å². The molecule has 0 saturated heterocycles. The third-order valence-electron chi connectivity index (χ3n) is 3.52. The highest BCUT2D eigenvalue weighted by molar-refractivity contribution is 5.29. The number of benzene rings is 1. The minimum atomic E-state index is 0.539. The van der Waals surface area contributed by atoms with Crippen LogP contribution in [0, 0.1) is 13.8 Å². The molecule has 0 aliphatic heterocycles. The van der Waals surface area contributed by atoms with E-state index in [1.165, 1.54) is 29.5 Å². The van der Waals surface area contributed by atoms with Crippen molar-refractivity contribution >= 4 is 0 Å². The molecule has 1 unspecified atom stereocenters. The Morgan fingerprint density at radius 2 is 2.00 bits per heavy atom. The van der Waals surface area contributed by atoms with E-state index in [9.17, 15) is 0 Å². The lowest BCUT2D eigenvalue weighted by Crippen LogP contribution is -2.36. The molecule has 1 aromatic carbocycles. The molecule has 0 heterocycles. The van der Waals surface area contributed by atoms with Gasteiger partial charge in [0.05, 0.1) is 0 Å². The summed E-state index contributed by atoms with van der Waals surface area (Å²) >= 11 is 0. The average Bonchev–Trinajstić information content (AvgIpc) is 3.12. The molecule has 0 aromatic heterocycles. The van der Waals surface area contributed by atoms with Crippen LogP contribution in [0.15, 0.2) is 18.2 Å². The minimum Gasteiger partial charge on any atom is -0.312 e. The van der Waals surface area contributed by atoms with Crippen LogP contribution in [-0.4, -0.2) is 18.6 Å². The van der Waals surface area contributed by atoms with Crippen molar-refractivity contribution in [2.75, 3.05) is 6.54 Å². The van der Waals surface area contributed by atoms with Gasteiger partial charge in [-0.1, -0.05) is 18.2 Å². The number of rotatable bonds is 6. The van der Waals surface area contributed by atoms with Crippen molar-refractivity contribution in [2.45, 2.75) is 52.2 Å². The number of hydrogen-bond acceptors (Lipinski definition) is 2. The van der Waals surface area contributed by atoms with Gasteiger partial charge in [-0.3, -0.25) is 0 Å². The van der Waals surface area contributed by atoms with Gasteiger partial charge < -0.3 is 10.6 Å². The van der Waals surface area contributed by atoms with Crippen LogP contribution < -0.4 is 10.6 Å². The highest BCUT2D eigenvalue weighted by Gasteiger charge is 2.20. The van der Waals surface area contributed by atoms with Crippen LogP contribution in [0.3, 0.4) is 0 Å². The Hall–Kier alpha value is -0.860. The van der Waals surface area contributed by atoms with Crippen LogP contribution in [0.2, 0.25) is 0 Å². The summed E-state index contributed by atoms with van der Waals surface area (Å²) in [6.45, 7) is 8.63. The molecule has 17 heavy (non-hydrogen) atoms. The molecule has 0 radical (unpaired) electrons. The Kier molecular flexibility index (Phi) is 4.19. The first kappa shape index (κ1) is 12.6. The highest BCUT2D eigenvalue weighted by Crippen LogP contribution is 2.18. The van der Waals surface area contributed by atoms with Crippen LogP contribution in [0.5, 0.6) is 0 Å². The number of hydrogen-bond donors (Lipinski definition) is 2. The molecule has 2 rings (SSSR count). The standard InChI is InChI=1S/C15H24N2/c1-11-4-5-14(8-12(11)2)10-16-13(3)9-17-15-6-7-15/h4-5,8,13,15-17H,6-7,9-10H2,1-3H3. The van der Waals surface area contributed by atoms with Gasteiger partial charge >= 0.3 is 0 Å². The van der Waals surface area contributed by atoms with E-state index in [4.69, 9.17) is 0 Å². The molecule has 1 atom stereocenters. The summed E-state index contributed by atoms with van der Waals surface area (Å²) in [5.74, 6) is 0. The Balaban J connectivity index is 1.73. The molecule has 0 spiro atoms. The monoisotopic (exact) mass is 232 g/mol. The van der Waals surface area contributed by atoms with Crippen molar-refractivity contribution < 1.29 is 0 Å². The first-order valence-electron chi connectivity index (χ1n) is 6.68. The zero-order valence-electron chi connectivity index (χ0n) is 11.2. The SMILES string of the molecule is Cc1ccc(CNC(C)CNC2CC2)cc1C. The zero-order valence-corrected chi connectivity index (χ0v) is 11.2. The maximum Gasteiger partial charge on any atom is 0.0208 e. The number of nitrogens with one attached hydrogen (secondary N) is 2. The molecule has 1 saturated carbocycles. The zero-order chi connectivity index (χ0) is 12.3. The Morgan fingerprint density at radius 1 is 1.24 bits per heavy atom. The molecule has 0 bridgehead atoms. The van der Waals surface area contributed by atoms with Gasteiger partial charge in [-0.05, 0) is 50.3 Å². The highest BCUT2D eigenvalue weighted by atomic mass is 15.0. The molecular formula is C15H24N2. The lowest BCUT2D eigenvalue weighted by Gasteiger charge is -2.15. The largest absolute Gasteiger partial charge is 0.312 e. The molecule has 0 amide bonds. The van der Waals surface area contributed by atoms with E-state index < -0.39 is 0 Å². The fraction of sp³-hybridized carbons (Fsp3) is 0.600. The maximum atomic E-state index is 3.57. The van der Waals surface area contributed by atoms with E-state index in [-0.39, 0.29) is 0 Å². The van der Waals surface area contributed by atoms with Crippen molar-refractivity contribution in [3.8, 4) is 0 Å². The van der Waals surface area contributed by atoms with E-state index in [1.807, 2.05) is 0 Å². The smallest absolute Gasteiger partial charge is 0.0208 e. The predicted octanol–water partition coefficient (Wildman–Crippen LogP) is 2.53. The molecule has 2 N–H and O–H groups in total. The Labute approximate surface area is 105 Å². The fourth-order valence-corrected chi connectivity index (χ4v) is 1.91. The summed E-state index contributed by atoms with van der Waals surface area (Å²) in [5, 5.41) is 7.12. The normalized spacial score (nSPS) is 17.1. The molecule has 2 nitrogen and oxygen atoms in total. The van der Waals surface area contributed by atoms with E-state index in [0.29, 0.717) is 6.04 Å². The first-order chi connectivity index (χ1) is 8.15. The summed E-state index contributed by atoms with van der Waals surface area (Å²) in [6.07, 6.45) is 2.73. The summed E-state index contributed by atoms with van der Waals surface area (Å²) in [4.78, 5) is 0. The average molecular weight is 232 g/mol. The van der Waals surface area contributed by atoms with Crippen LogP contribution in [0.4, 0.5) is 0 Å². The predicted molar refractivity (Wildman–Crippen MR) is 73.2 cm³/mol. The van der Waals surface area contributed by atoms with E-state index >= 15 is 0 Å². The third-order valence-corrected chi connectivity index (χ3v) is 3.52. The van der Waals surface area contributed by atoms with Gasteiger partial charge in [-0.15, -0.1) is 0 Å². The van der Waals surface area contributed by atoms with E-state index in [2.05, 4.69) is 49.6 Å². The van der Waals surface area contributed by atoms with Crippen LogP contribution in [-0.2, 0) is 6.54 Å². The molecule has 1 aromatic rings. The van der Waals surface area contributed by atoms with Crippen LogP contribution in [0.25, 0.3) is 0 Å². The molecule has 1 aliphatic rings. The van der Waals surface area contributed by atoms with E-state index in [1.54, 1.807) is 0 Å². The van der Waals surface area contributed by atoms with E-state index in [0.717, 1.165) is 19.1 Å². The molecule has 1 fully saturated rings. The second-order valence-electron chi connectivity index (χ2n) is 5.38. The van der Waals surface area contributed by atoms with Crippen LogP contribution in [0.1, 0.15) is 36.5 Å². The van der Waals surface area contributed by atoms with Crippen molar-refractivity contribution in [2.24, 2.45) is 0 Å². The second kappa shape index (κ2) is 5.65. The summed E-state index contributed by atoms with van der Waals surface area (Å²) in [6, 6.07) is 8.05. The molecule has 1 aliphatic carbocycles. The lowest BCUT2D eigenvalue weighted by atomic mass is 10.1. The van der Waals surface area contributed by atoms with Crippen LogP contribution >= 0.6 is 0 Å². The topological polar surface area (TPSA) is 24.1 Å². The third kappa shape index (κ3) is 4.14. The maximum absolute atomic E-state index is 3.57. The quantitative estimate of drug-likeness (QED) is 0.787. The van der Waals surface area contributed by atoms with Gasteiger partial charge in [0, 0.05) is 25.2 Å². The van der Waals surface area contributed by atoms with Gasteiger partial charge in [0.1, 0.15) is 0 Å². The minimum absolute atomic E-state index is 0.539. The van der Waals surface area contributed by atoms with Crippen molar-refractivity contribution in [1.82, 2.24) is 10.6 Å². The van der Waals surface area contributed by atoms with Gasteiger partial charge in [0.25, 0.3) is 0 Å². The molecule has 2 heteroatoms. The summed E-state index contributed by atoms with van der Waals surface area (Å²) in [7, 11) is 0. The Morgan fingerprint density at radius 3 is 2.65 bits per heavy atom. The molecular weight excluding hydrogens is 208 g/mol. The van der Waals surface area contributed by atoms with Gasteiger partial charge in [-0.25, -0.2) is 0 Å². The van der Waals surface area contributed by atoms with Gasteiger partial charge in [-0.2, -0.15) is 0 Å². The van der Waals surface area contributed by atoms with Crippen molar-refractivity contribution in [1.29, 1.82) is 0 Å². The lowest BCUT2D eigenvalue weighted by molar-refractivity contribution is 0.500. The first-order valence-corrected chi connectivity index (χ1v) is 6.68. The second-order valence-corrected chi connectivity index (χ2v) is 5.38. The van der Waals surface area contributed by atoms with Crippen molar-refractivity contribution in [3.05, 3.63) is 34.9 Å². The van der Waals surface area contributed by atoms with Gasteiger partial charge in [0.2, 0.25) is 0 Å². The fourth-order valence-electron chi connectivity index (χ4n) is 1.91. The number of aryl methyl sites for hydroxylation is 2. The summed E-state index contributed by atoms with van der Waals surface area (Å²) in [5.41, 5.74) is 4.14. The van der Waals surface area contributed by atoms with Gasteiger partial charge in [0.15, 0.2) is 0 Å². The summed E-state index contributed by atoms with van der Waals surface area (Å²) < 4.78 is 0. The molecule has 94 valence electrons.